The fourth-order valence-corrected chi connectivity index (χ4v) is 1.22. The normalized spacial score (nSPS) is 24.3. The molecule has 0 spiro atoms. The number of carbonyl (C=O) groups is 2. The summed E-state index contributed by atoms with van der Waals surface area (Å²) < 4.78 is 0. The summed E-state index contributed by atoms with van der Waals surface area (Å²) in [5.41, 5.74) is -0.200. The molecule has 2 heteroatoms. The van der Waals surface area contributed by atoms with Gasteiger partial charge in [0.05, 0.1) is 0 Å². The average Bonchev–Trinajstić information content (AvgIpc) is 1.96. The Hall–Kier alpha value is -0.660. The van der Waals surface area contributed by atoms with Crippen LogP contribution in [0.3, 0.4) is 0 Å². The Balaban J connectivity index is 2.53. The van der Waals surface area contributed by atoms with Crippen LogP contribution in [0.5, 0.6) is 0 Å². The maximum atomic E-state index is 10.8. The fourth-order valence-electron chi connectivity index (χ4n) is 1.22. The minimum absolute atomic E-state index is 0.200. The highest BCUT2D eigenvalue weighted by atomic mass is 16.1. The summed E-state index contributed by atoms with van der Waals surface area (Å²) in [5, 5.41) is 0. The Morgan fingerprint density at radius 3 is 2.30 bits per heavy atom. The van der Waals surface area contributed by atoms with E-state index < -0.39 is 0 Å². The highest BCUT2D eigenvalue weighted by Crippen LogP contribution is 2.31. The molecular formula is C8H12O2. The van der Waals surface area contributed by atoms with Crippen molar-refractivity contribution < 1.29 is 9.59 Å². The molecule has 0 N–H and O–H groups in total. The van der Waals surface area contributed by atoms with Gasteiger partial charge in [0, 0.05) is 18.3 Å². The lowest BCUT2D eigenvalue weighted by molar-refractivity contribution is -0.125. The molecule has 1 fully saturated rings. The van der Waals surface area contributed by atoms with Gasteiger partial charge in [0.15, 0.2) is 0 Å². The van der Waals surface area contributed by atoms with E-state index in [4.69, 9.17) is 0 Å². The van der Waals surface area contributed by atoms with Gasteiger partial charge in [-0.3, -0.25) is 4.79 Å². The molecule has 2 nitrogen and oxygen atoms in total. The highest BCUT2D eigenvalue weighted by Gasteiger charge is 2.29. The van der Waals surface area contributed by atoms with E-state index in [9.17, 15) is 9.59 Å². The smallest absolute Gasteiger partial charge is 0.132 e. The van der Waals surface area contributed by atoms with E-state index in [1.165, 1.54) is 0 Å². The van der Waals surface area contributed by atoms with Crippen LogP contribution in [0.1, 0.15) is 32.6 Å². The van der Waals surface area contributed by atoms with E-state index >= 15 is 0 Å². The molecule has 0 amide bonds. The summed E-state index contributed by atoms with van der Waals surface area (Å²) in [6.07, 6.45) is 3.66. The molecule has 0 atom stereocenters. The summed E-state index contributed by atoms with van der Waals surface area (Å²) in [7, 11) is 0. The second-order valence-electron chi connectivity index (χ2n) is 3.31. The van der Waals surface area contributed by atoms with Crippen molar-refractivity contribution in [3.05, 3.63) is 0 Å². The number of aldehydes is 1. The summed E-state index contributed by atoms with van der Waals surface area (Å²) in [4.78, 5) is 21.2. The van der Waals surface area contributed by atoms with Crippen molar-refractivity contribution in [1.29, 1.82) is 0 Å². The van der Waals surface area contributed by atoms with Gasteiger partial charge in [-0.05, 0) is 12.8 Å². The Morgan fingerprint density at radius 1 is 1.40 bits per heavy atom. The first kappa shape index (κ1) is 7.45. The molecule has 0 aromatic heterocycles. The van der Waals surface area contributed by atoms with Crippen LogP contribution in [0.4, 0.5) is 0 Å². The molecule has 0 aromatic carbocycles. The Labute approximate surface area is 60.6 Å². The molecule has 0 saturated heterocycles. The molecule has 0 bridgehead atoms. The van der Waals surface area contributed by atoms with Gasteiger partial charge < -0.3 is 4.79 Å². The quantitative estimate of drug-likeness (QED) is 0.515. The fraction of sp³-hybridized carbons (Fsp3) is 0.750. The van der Waals surface area contributed by atoms with Gasteiger partial charge in [-0.15, -0.1) is 0 Å². The number of carbonyl (C=O) groups excluding carboxylic acids is 2. The molecular weight excluding hydrogens is 128 g/mol. The third-order valence-electron chi connectivity index (χ3n) is 2.23. The lowest BCUT2D eigenvalue weighted by Gasteiger charge is -2.26. The van der Waals surface area contributed by atoms with Crippen LogP contribution in [-0.2, 0) is 9.59 Å². The van der Waals surface area contributed by atoms with Gasteiger partial charge in [-0.2, -0.15) is 0 Å². The van der Waals surface area contributed by atoms with Gasteiger partial charge in [0.2, 0.25) is 0 Å². The summed E-state index contributed by atoms with van der Waals surface area (Å²) >= 11 is 0. The van der Waals surface area contributed by atoms with Crippen molar-refractivity contribution in [2.24, 2.45) is 5.41 Å². The third kappa shape index (κ3) is 1.43. The zero-order chi connectivity index (χ0) is 7.61. The van der Waals surface area contributed by atoms with Crippen LogP contribution in [0.15, 0.2) is 0 Å². The first-order valence-electron chi connectivity index (χ1n) is 3.64. The molecule has 0 aromatic rings. The van der Waals surface area contributed by atoms with Crippen molar-refractivity contribution in [2.45, 2.75) is 32.6 Å². The average molecular weight is 140 g/mol. The summed E-state index contributed by atoms with van der Waals surface area (Å²) in [6, 6.07) is 0. The van der Waals surface area contributed by atoms with Gasteiger partial charge >= 0.3 is 0 Å². The van der Waals surface area contributed by atoms with E-state index in [-0.39, 0.29) is 5.41 Å². The van der Waals surface area contributed by atoms with Crippen LogP contribution < -0.4 is 0 Å². The molecule has 1 aliphatic carbocycles. The molecule has 0 radical (unpaired) electrons. The van der Waals surface area contributed by atoms with Crippen LogP contribution in [0.25, 0.3) is 0 Å². The number of Topliss-reactive ketones (excluding diaryl/α,β-unsaturated/α-hetero) is 1. The second-order valence-corrected chi connectivity index (χ2v) is 3.31. The number of rotatable bonds is 1. The highest BCUT2D eigenvalue weighted by molar-refractivity contribution is 5.80. The standard InChI is InChI=1S/C8H12O2/c1-8(6-9)4-2-7(10)3-5-8/h6H,2-5H2,1H3. The predicted molar refractivity (Wildman–Crippen MR) is 37.6 cm³/mol. The van der Waals surface area contributed by atoms with Crippen molar-refractivity contribution >= 4 is 12.1 Å². The predicted octanol–water partition coefficient (Wildman–Crippen LogP) is 1.33. The van der Waals surface area contributed by atoms with Crippen molar-refractivity contribution in [3.63, 3.8) is 0 Å². The first-order chi connectivity index (χ1) is 4.66. The van der Waals surface area contributed by atoms with Crippen LogP contribution in [-0.4, -0.2) is 12.1 Å². The van der Waals surface area contributed by atoms with Crippen molar-refractivity contribution in [2.75, 3.05) is 0 Å². The topological polar surface area (TPSA) is 34.1 Å². The molecule has 1 rings (SSSR count). The Bertz CT molecular complexity index is 151. The van der Waals surface area contributed by atoms with Gasteiger partial charge in [-0.1, -0.05) is 6.92 Å². The second kappa shape index (κ2) is 2.52. The van der Waals surface area contributed by atoms with E-state index in [1.54, 1.807) is 0 Å². The number of ketones is 1. The molecule has 1 saturated carbocycles. The number of hydrogen-bond acceptors (Lipinski definition) is 2. The minimum Gasteiger partial charge on any atom is -0.303 e. The third-order valence-corrected chi connectivity index (χ3v) is 2.23. The molecule has 0 heterocycles. The SMILES string of the molecule is CC1(C=O)CCC(=O)CC1. The van der Waals surface area contributed by atoms with E-state index in [0.29, 0.717) is 18.6 Å². The lowest BCUT2D eigenvalue weighted by Crippen LogP contribution is -2.25. The zero-order valence-electron chi connectivity index (χ0n) is 6.22. The lowest BCUT2D eigenvalue weighted by atomic mass is 9.77. The van der Waals surface area contributed by atoms with Gasteiger partial charge in [0.1, 0.15) is 12.1 Å². The van der Waals surface area contributed by atoms with E-state index in [0.717, 1.165) is 19.1 Å². The monoisotopic (exact) mass is 140 g/mol. The summed E-state index contributed by atoms with van der Waals surface area (Å²) in [5.74, 6) is 0.305. The maximum Gasteiger partial charge on any atom is 0.132 e. The molecule has 56 valence electrons. The van der Waals surface area contributed by atoms with Gasteiger partial charge in [0.25, 0.3) is 0 Å². The number of hydrogen-bond donors (Lipinski definition) is 0. The minimum atomic E-state index is -0.200. The Kier molecular flexibility index (Phi) is 1.88. The first-order valence-corrected chi connectivity index (χ1v) is 3.64. The van der Waals surface area contributed by atoms with Crippen LogP contribution >= 0.6 is 0 Å². The van der Waals surface area contributed by atoms with Crippen molar-refractivity contribution in [1.82, 2.24) is 0 Å². The van der Waals surface area contributed by atoms with Crippen LogP contribution in [0.2, 0.25) is 0 Å². The molecule has 10 heavy (non-hydrogen) atoms. The summed E-state index contributed by atoms with van der Waals surface area (Å²) in [6.45, 7) is 1.92. The molecule has 0 aliphatic heterocycles. The van der Waals surface area contributed by atoms with Crippen LogP contribution in [0, 0.1) is 5.41 Å². The largest absolute Gasteiger partial charge is 0.303 e. The van der Waals surface area contributed by atoms with E-state index in [2.05, 4.69) is 0 Å². The molecule has 1 aliphatic rings. The molecule has 0 unspecified atom stereocenters. The van der Waals surface area contributed by atoms with Gasteiger partial charge in [-0.25, -0.2) is 0 Å². The Morgan fingerprint density at radius 2 is 1.90 bits per heavy atom. The maximum absolute atomic E-state index is 10.8. The van der Waals surface area contributed by atoms with E-state index in [1.807, 2.05) is 6.92 Å². The zero-order valence-corrected chi connectivity index (χ0v) is 6.22. The van der Waals surface area contributed by atoms with Crippen molar-refractivity contribution in [3.8, 4) is 0 Å².